The van der Waals surface area contributed by atoms with Crippen LogP contribution < -0.4 is 5.32 Å². The second-order valence-electron chi connectivity index (χ2n) is 20.9. The molecule has 2 aromatic heterocycles. The number of hydrogen-bond acceptors (Lipinski definition) is 8. The maximum atomic E-state index is 14.4. The summed E-state index contributed by atoms with van der Waals surface area (Å²) in [6.45, 7) is 21.3. The fraction of sp³-hybridized carbons (Fsp3) is 0.739. The van der Waals surface area contributed by atoms with Gasteiger partial charge >= 0.3 is 11.9 Å². The maximum Gasteiger partial charge on any atom is 0.309 e. The molecule has 5 aliphatic carbocycles. The van der Waals surface area contributed by atoms with Gasteiger partial charge in [0.25, 0.3) is 0 Å². The number of likely N-dealkylation sites (N-methyl/N-ethyl adjacent to an activating group) is 1. The quantitative estimate of drug-likeness (QED) is 0.213. The van der Waals surface area contributed by atoms with Gasteiger partial charge in [-0.3, -0.25) is 19.4 Å². The molecule has 4 saturated carbocycles. The summed E-state index contributed by atoms with van der Waals surface area (Å²) >= 11 is 6.21. The lowest BCUT2D eigenvalue weighted by Gasteiger charge is -2.72. The highest BCUT2D eigenvalue weighted by Crippen LogP contribution is 2.77. The molecule has 0 spiro atoms. The molecule has 0 amide bonds. The number of halogens is 1. The lowest BCUT2D eigenvalue weighted by atomic mass is 9.33. The number of hydrogen-bond donors (Lipinski definition) is 2. The summed E-state index contributed by atoms with van der Waals surface area (Å²) in [4.78, 5) is 43.9. The summed E-state index contributed by atoms with van der Waals surface area (Å²) in [6.07, 6.45) is 10.6. The summed E-state index contributed by atoms with van der Waals surface area (Å²) in [5.74, 6) is 1.87. The number of carboxylic acid groups (broad SMARTS) is 1. The Morgan fingerprint density at radius 3 is 2.39 bits per heavy atom. The topological polar surface area (TPSA) is 136 Å². The molecule has 11 heteroatoms. The maximum absolute atomic E-state index is 14.4. The highest BCUT2D eigenvalue weighted by Gasteiger charge is 2.70. The monoisotopic (exact) mass is 803 g/mol. The third-order valence-corrected chi connectivity index (χ3v) is 17.0. The Balaban J connectivity index is 1.20. The Labute approximate surface area is 344 Å². The van der Waals surface area contributed by atoms with Crippen LogP contribution in [0.25, 0.3) is 11.5 Å². The van der Waals surface area contributed by atoms with Crippen molar-refractivity contribution in [2.75, 3.05) is 13.6 Å². The number of allylic oxidation sites excluding steroid dienone is 2. The van der Waals surface area contributed by atoms with Gasteiger partial charge in [-0.05, 0) is 130 Å². The van der Waals surface area contributed by atoms with Crippen molar-refractivity contribution in [2.24, 2.45) is 56.2 Å². The van der Waals surface area contributed by atoms with E-state index in [0.717, 1.165) is 80.8 Å². The minimum atomic E-state index is -1.17. The van der Waals surface area contributed by atoms with Crippen LogP contribution in [0, 0.1) is 56.2 Å². The molecule has 7 rings (SSSR count). The Hall–Kier alpha value is -3.11. The van der Waals surface area contributed by atoms with Crippen LogP contribution in [0.2, 0.25) is 5.02 Å². The molecule has 8 atom stereocenters. The zero-order valence-corrected chi connectivity index (χ0v) is 36.8. The fourth-order valence-corrected chi connectivity index (χ4v) is 13.8. The molecule has 0 bridgehead atoms. The van der Waals surface area contributed by atoms with E-state index in [1.807, 2.05) is 19.2 Å². The van der Waals surface area contributed by atoms with Gasteiger partial charge in [-0.2, -0.15) is 0 Å². The number of Topliss-reactive ketones (excluding diaryl/α,β-unsaturated/α-hetero) is 1. The minimum Gasteiger partial charge on any atom is -0.481 e. The number of carbonyl (C=O) groups excluding carboxylic acids is 2. The number of esters is 1. The molecule has 0 unspecified atom stereocenters. The summed E-state index contributed by atoms with van der Waals surface area (Å²) in [6, 6.07) is 3.74. The SMILES string of the molecule is CNCCn1c(C[C@@]23CC[C@]4(C)[C@H](CC[C@@H]5[C@@]6(C)CC[C@H](OC(=O)CC(C)(C)C(=O)O)C(C)(C)[C@@H]6CC[C@]54C)C2=C(C(C)C)C(=O)C3)nnc1-c1ccc(Cl)cn1. The van der Waals surface area contributed by atoms with Crippen LogP contribution in [0.5, 0.6) is 0 Å². The predicted molar refractivity (Wildman–Crippen MR) is 221 cm³/mol. The van der Waals surface area contributed by atoms with Crippen molar-refractivity contribution in [3.05, 3.63) is 40.3 Å². The molecule has 312 valence electrons. The van der Waals surface area contributed by atoms with Gasteiger partial charge in [0, 0.05) is 43.0 Å². The first-order valence-electron chi connectivity index (χ1n) is 21.5. The average Bonchev–Trinajstić information content (AvgIpc) is 3.66. The van der Waals surface area contributed by atoms with Gasteiger partial charge in [0.15, 0.2) is 11.6 Å². The van der Waals surface area contributed by atoms with E-state index in [1.54, 1.807) is 20.0 Å². The van der Waals surface area contributed by atoms with Crippen molar-refractivity contribution >= 4 is 29.3 Å². The molecule has 2 aromatic rings. The van der Waals surface area contributed by atoms with Crippen LogP contribution in [-0.2, 0) is 32.1 Å². The first kappa shape index (κ1) is 42.0. The van der Waals surface area contributed by atoms with E-state index in [1.165, 1.54) is 5.57 Å². The van der Waals surface area contributed by atoms with Gasteiger partial charge < -0.3 is 19.7 Å². The van der Waals surface area contributed by atoms with Crippen LogP contribution in [0.4, 0.5) is 0 Å². The number of fused-ring (bicyclic) bond motifs is 7. The molecular formula is C46H66ClN5O5. The van der Waals surface area contributed by atoms with Crippen LogP contribution >= 0.6 is 11.6 Å². The largest absolute Gasteiger partial charge is 0.481 e. The van der Waals surface area contributed by atoms with E-state index in [4.69, 9.17) is 26.5 Å². The number of rotatable bonds is 11. The summed E-state index contributed by atoms with van der Waals surface area (Å²) < 4.78 is 8.40. The highest BCUT2D eigenvalue weighted by molar-refractivity contribution is 6.30. The van der Waals surface area contributed by atoms with Crippen molar-refractivity contribution in [1.82, 2.24) is 25.1 Å². The number of aliphatic carboxylic acids is 1. The third-order valence-electron chi connectivity index (χ3n) is 16.8. The molecule has 57 heavy (non-hydrogen) atoms. The summed E-state index contributed by atoms with van der Waals surface area (Å²) in [5, 5.41) is 23.1. The number of nitrogens with zero attached hydrogens (tertiary/aromatic N) is 4. The fourth-order valence-electron chi connectivity index (χ4n) is 13.7. The van der Waals surface area contributed by atoms with Crippen LogP contribution in [-0.4, -0.2) is 62.3 Å². The number of ketones is 1. The molecule has 4 fully saturated rings. The Kier molecular flexibility index (Phi) is 10.7. The van der Waals surface area contributed by atoms with Gasteiger partial charge in [-0.15, -0.1) is 10.2 Å². The van der Waals surface area contributed by atoms with Gasteiger partial charge in [0.05, 0.1) is 16.9 Å². The second-order valence-corrected chi connectivity index (χ2v) is 21.4. The first-order valence-corrected chi connectivity index (χ1v) is 21.9. The van der Waals surface area contributed by atoms with Gasteiger partial charge in [0.1, 0.15) is 17.6 Å². The normalized spacial score (nSPS) is 34.7. The van der Waals surface area contributed by atoms with Crippen LogP contribution in [0.3, 0.4) is 0 Å². The molecule has 0 radical (unpaired) electrons. The number of aromatic nitrogens is 4. The number of ether oxygens (including phenoxy) is 1. The van der Waals surface area contributed by atoms with Crippen molar-refractivity contribution < 1.29 is 24.2 Å². The van der Waals surface area contributed by atoms with E-state index in [-0.39, 0.29) is 45.5 Å². The minimum absolute atomic E-state index is 0.0154. The Morgan fingerprint density at radius 1 is 1.00 bits per heavy atom. The van der Waals surface area contributed by atoms with Crippen molar-refractivity contribution in [3.63, 3.8) is 0 Å². The standard InChI is InChI=1S/C46H66ClN5O5/c1-27(2)37-31(53)23-46(24-35-50-51-39(52(35)22-21-48-10)30-13-11-28(47)26-49-30)20-19-44(8)29(38(37)46)12-14-33-43(7)17-16-34(57-36(54)25-41(3,4)40(55)56)42(5,6)32(43)15-18-45(33,44)9/h11,13,26-27,29,32-34,48H,12,14-25H2,1-10H3,(H,55,56)/t29-,32+,33-,34+,43+,44-,45-,46+/m1/s1. The van der Waals surface area contributed by atoms with E-state index < -0.39 is 17.4 Å². The predicted octanol–water partition coefficient (Wildman–Crippen LogP) is 9.15. The van der Waals surface area contributed by atoms with Crippen LogP contribution in [0.1, 0.15) is 132 Å². The Bertz CT molecular complexity index is 1950. The summed E-state index contributed by atoms with van der Waals surface area (Å²) in [5.41, 5.74) is 1.68. The summed E-state index contributed by atoms with van der Waals surface area (Å²) in [7, 11) is 1.95. The lowest BCUT2D eigenvalue weighted by molar-refractivity contribution is -0.233. The molecule has 0 saturated heterocycles. The average molecular weight is 805 g/mol. The molecule has 2 N–H and O–H groups in total. The third kappa shape index (κ3) is 6.62. The zero-order valence-electron chi connectivity index (χ0n) is 36.1. The first-order chi connectivity index (χ1) is 26.6. The van der Waals surface area contributed by atoms with Crippen molar-refractivity contribution in [1.29, 1.82) is 0 Å². The van der Waals surface area contributed by atoms with Crippen molar-refractivity contribution in [2.45, 2.75) is 146 Å². The van der Waals surface area contributed by atoms with E-state index in [9.17, 15) is 19.5 Å². The van der Waals surface area contributed by atoms with Gasteiger partial charge in [-0.25, -0.2) is 0 Å². The van der Waals surface area contributed by atoms with Gasteiger partial charge in [0.2, 0.25) is 0 Å². The Morgan fingerprint density at radius 2 is 1.74 bits per heavy atom. The molecule has 2 heterocycles. The van der Waals surface area contributed by atoms with E-state index in [2.05, 4.69) is 63.3 Å². The van der Waals surface area contributed by atoms with Gasteiger partial charge in [-0.1, -0.05) is 65.6 Å². The van der Waals surface area contributed by atoms with Crippen LogP contribution in [0.15, 0.2) is 29.5 Å². The molecule has 10 nitrogen and oxygen atoms in total. The number of carbonyl (C=O) groups is 3. The number of nitrogens with one attached hydrogen (secondary N) is 1. The number of pyridine rings is 1. The molecule has 0 aliphatic heterocycles. The van der Waals surface area contributed by atoms with E-state index in [0.29, 0.717) is 47.9 Å². The lowest BCUT2D eigenvalue weighted by Crippen LogP contribution is -2.65. The molecule has 5 aliphatic rings. The van der Waals surface area contributed by atoms with E-state index >= 15 is 0 Å². The number of carboxylic acids is 1. The molecule has 0 aromatic carbocycles. The zero-order chi connectivity index (χ0) is 41.5. The smallest absolute Gasteiger partial charge is 0.309 e. The highest BCUT2D eigenvalue weighted by atomic mass is 35.5. The second kappa shape index (κ2) is 14.6. The van der Waals surface area contributed by atoms with Crippen molar-refractivity contribution in [3.8, 4) is 11.5 Å². The molecular weight excluding hydrogens is 738 g/mol.